The van der Waals surface area contributed by atoms with E-state index in [1.807, 2.05) is 26.4 Å². The van der Waals surface area contributed by atoms with E-state index in [1.54, 1.807) is 11.7 Å². The molecule has 0 aliphatic carbocycles. The van der Waals surface area contributed by atoms with Crippen LogP contribution in [0.5, 0.6) is 0 Å². The van der Waals surface area contributed by atoms with E-state index in [0.717, 1.165) is 31.5 Å². The molecule has 3 N–H and O–H groups in total. The second-order valence-electron chi connectivity index (χ2n) is 5.70. The van der Waals surface area contributed by atoms with Gasteiger partial charge in [0.1, 0.15) is 0 Å². The third kappa shape index (κ3) is 3.19. The number of hydrogen-bond donors (Lipinski definition) is 2. The number of nitrogens with two attached hydrogens (primary N) is 1. The fourth-order valence-electron chi connectivity index (χ4n) is 3.12. The van der Waals surface area contributed by atoms with Crippen molar-refractivity contribution in [2.45, 2.75) is 31.8 Å². The molecule has 20 heavy (non-hydrogen) atoms. The summed E-state index contributed by atoms with van der Waals surface area (Å²) in [7, 11) is 3.61. The highest BCUT2D eigenvalue weighted by atomic mass is 16.1. The molecule has 0 saturated carbocycles. The van der Waals surface area contributed by atoms with E-state index in [9.17, 15) is 4.79 Å². The zero-order chi connectivity index (χ0) is 14.7. The van der Waals surface area contributed by atoms with Crippen LogP contribution < -0.4 is 11.1 Å². The fraction of sp³-hybridized carbons (Fsp3) is 0.714. The molecule has 1 saturated heterocycles. The maximum absolute atomic E-state index is 11.9. The van der Waals surface area contributed by atoms with Gasteiger partial charge in [0.15, 0.2) is 0 Å². The molecular weight excluding hydrogens is 254 g/mol. The van der Waals surface area contributed by atoms with E-state index < -0.39 is 0 Å². The van der Waals surface area contributed by atoms with Gasteiger partial charge in [-0.25, -0.2) is 0 Å². The van der Waals surface area contributed by atoms with Crippen LogP contribution in [0.25, 0.3) is 0 Å². The van der Waals surface area contributed by atoms with Gasteiger partial charge in [0, 0.05) is 38.4 Å². The lowest BCUT2D eigenvalue weighted by molar-refractivity contribution is -0.126. The normalized spacial score (nSPS) is 23.3. The standard InChI is InChI=1S/C14H25N5O/c1-10(15)13(12-7-17-18(3)8-12)19-6-4-5-11(9-19)14(20)16-2/h7-8,10-11,13H,4-6,9,15H2,1-3H3,(H,16,20). The fourth-order valence-corrected chi connectivity index (χ4v) is 3.12. The van der Waals surface area contributed by atoms with Gasteiger partial charge in [-0.2, -0.15) is 5.10 Å². The Morgan fingerprint density at radius 3 is 2.90 bits per heavy atom. The summed E-state index contributed by atoms with van der Waals surface area (Å²) in [5, 5.41) is 6.99. The monoisotopic (exact) mass is 279 g/mol. The molecule has 1 aliphatic heterocycles. The van der Waals surface area contributed by atoms with Gasteiger partial charge in [-0.05, 0) is 26.3 Å². The maximum Gasteiger partial charge on any atom is 0.224 e. The molecule has 0 radical (unpaired) electrons. The Hall–Kier alpha value is -1.40. The molecule has 6 heteroatoms. The Kier molecular flexibility index (Phi) is 4.77. The average Bonchev–Trinajstić information content (AvgIpc) is 2.84. The highest BCUT2D eigenvalue weighted by Gasteiger charge is 2.32. The summed E-state index contributed by atoms with van der Waals surface area (Å²) in [6, 6.07) is 0.124. The topological polar surface area (TPSA) is 76.2 Å². The number of aromatic nitrogens is 2. The number of amides is 1. The molecule has 6 nitrogen and oxygen atoms in total. The third-order valence-corrected chi connectivity index (χ3v) is 4.03. The van der Waals surface area contributed by atoms with Gasteiger partial charge in [-0.1, -0.05) is 0 Å². The summed E-state index contributed by atoms with van der Waals surface area (Å²) in [5.41, 5.74) is 7.31. The van der Waals surface area contributed by atoms with Crippen molar-refractivity contribution in [3.63, 3.8) is 0 Å². The molecule has 1 fully saturated rings. The number of rotatable bonds is 4. The van der Waals surface area contributed by atoms with Crippen molar-refractivity contribution in [2.75, 3.05) is 20.1 Å². The van der Waals surface area contributed by atoms with Crippen LogP contribution in [0, 0.1) is 5.92 Å². The molecule has 3 unspecified atom stereocenters. The quantitative estimate of drug-likeness (QED) is 0.829. The van der Waals surface area contributed by atoms with E-state index in [-0.39, 0.29) is 23.9 Å². The minimum absolute atomic E-state index is 0.00244. The van der Waals surface area contributed by atoms with E-state index in [2.05, 4.69) is 15.3 Å². The molecule has 2 rings (SSSR count). The van der Waals surface area contributed by atoms with Crippen molar-refractivity contribution < 1.29 is 4.79 Å². The average molecular weight is 279 g/mol. The number of nitrogens with zero attached hydrogens (tertiary/aromatic N) is 3. The van der Waals surface area contributed by atoms with Crippen molar-refractivity contribution in [2.24, 2.45) is 18.7 Å². The predicted molar refractivity (Wildman–Crippen MR) is 78.0 cm³/mol. The lowest BCUT2D eigenvalue weighted by Gasteiger charge is -2.39. The Morgan fingerprint density at radius 2 is 2.35 bits per heavy atom. The Bertz CT molecular complexity index is 456. The van der Waals surface area contributed by atoms with Crippen LogP contribution in [0.4, 0.5) is 0 Å². The van der Waals surface area contributed by atoms with Crippen molar-refractivity contribution in [3.8, 4) is 0 Å². The largest absolute Gasteiger partial charge is 0.359 e. The molecule has 0 spiro atoms. The number of carbonyl (C=O) groups excluding carboxylic acids is 1. The van der Waals surface area contributed by atoms with E-state index in [1.165, 1.54) is 0 Å². The van der Waals surface area contributed by atoms with Crippen LogP contribution in [0.1, 0.15) is 31.4 Å². The van der Waals surface area contributed by atoms with Gasteiger partial charge < -0.3 is 11.1 Å². The van der Waals surface area contributed by atoms with Crippen LogP contribution in [-0.2, 0) is 11.8 Å². The van der Waals surface area contributed by atoms with Crippen LogP contribution >= 0.6 is 0 Å². The van der Waals surface area contributed by atoms with Crippen molar-refractivity contribution in [3.05, 3.63) is 18.0 Å². The number of aryl methyl sites for hydroxylation is 1. The first-order chi connectivity index (χ1) is 9.52. The Morgan fingerprint density at radius 1 is 1.60 bits per heavy atom. The minimum atomic E-state index is 0.00244. The van der Waals surface area contributed by atoms with E-state index in [0.29, 0.717) is 0 Å². The van der Waals surface area contributed by atoms with Gasteiger partial charge in [-0.3, -0.25) is 14.4 Å². The van der Waals surface area contributed by atoms with Crippen molar-refractivity contribution in [1.82, 2.24) is 20.0 Å². The minimum Gasteiger partial charge on any atom is -0.359 e. The molecule has 0 bridgehead atoms. The molecule has 112 valence electrons. The van der Waals surface area contributed by atoms with Crippen molar-refractivity contribution in [1.29, 1.82) is 0 Å². The second kappa shape index (κ2) is 6.37. The summed E-state index contributed by atoms with van der Waals surface area (Å²) in [6.07, 6.45) is 5.87. The lowest BCUT2D eigenvalue weighted by Crippen LogP contribution is -2.47. The van der Waals surface area contributed by atoms with Crippen LogP contribution in [-0.4, -0.2) is 46.8 Å². The maximum atomic E-state index is 11.9. The number of piperidine rings is 1. The number of hydrogen-bond acceptors (Lipinski definition) is 4. The zero-order valence-corrected chi connectivity index (χ0v) is 12.5. The predicted octanol–water partition coefficient (Wildman–Crippen LogP) is 0.266. The molecule has 2 heterocycles. The van der Waals surface area contributed by atoms with Crippen LogP contribution in [0.3, 0.4) is 0 Å². The van der Waals surface area contributed by atoms with E-state index >= 15 is 0 Å². The number of carbonyl (C=O) groups is 1. The number of likely N-dealkylation sites (tertiary alicyclic amines) is 1. The molecular formula is C14H25N5O. The van der Waals surface area contributed by atoms with Crippen LogP contribution in [0.15, 0.2) is 12.4 Å². The Balaban J connectivity index is 2.15. The highest BCUT2D eigenvalue weighted by molar-refractivity contribution is 5.78. The van der Waals surface area contributed by atoms with Gasteiger partial charge >= 0.3 is 0 Å². The van der Waals surface area contributed by atoms with Gasteiger partial charge in [0.2, 0.25) is 5.91 Å². The van der Waals surface area contributed by atoms with Gasteiger partial charge in [0.25, 0.3) is 0 Å². The first kappa shape index (κ1) is 15.0. The van der Waals surface area contributed by atoms with Crippen LogP contribution in [0.2, 0.25) is 0 Å². The zero-order valence-electron chi connectivity index (χ0n) is 12.5. The second-order valence-corrected chi connectivity index (χ2v) is 5.70. The molecule has 0 aromatic carbocycles. The summed E-state index contributed by atoms with van der Waals surface area (Å²) >= 11 is 0. The molecule has 1 amide bonds. The SMILES string of the molecule is CNC(=O)C1CCCN(C(c2cnn(C)c2)C(C)N)C1. The van der Waals surface area contributed by atoms with Gasteiger partial charge in [-0.15, -0.1) is 0 Å². The summed E-state index contributed by atoms with van der Waals surface area (Å²) < 4.78 is 1.80. The highest BCUT2D eigenvalue weighted by Crippen LogP contribution is 2.28. The van der Waals surface area contributed by atoms with Crippen molar-refractivity contribution >= 4 is 5.91 Å². The molecule has 1 aromatic rings. The molecule has 1 aliphatic rings. The molecule has 1 aromatic heterocycles. The van der Waals surface area contributed by atoms with E-state index in [4.69, 9.17) is 5.73 Å². The summed E-state index contributed by atoms with van der Waals surface area (Å²) in [6.45, 7) is 3.76. The Labute approximate surface area is 120 Å². The first-order valence-corrected chi connectivity index (χ1v) is 7.22. The first-order valence-electron chi connectivity index (χ1n) is 7.22. The summed E-state index contributed by atoms with van der Waals surface area (Å²) in [4.78, 5) is 14.2. The molecule has 3 atom stereocenters. The van der Waals surface area contributed by atoms with Gasteiger partial charge in [0.05, 0.1) is 18.2 Å². The third-order valence-electron chi connectivity index (χ3n) is 4.03. The number of nitrogens with one attached hydrogen (secondary N) is 1. The smallest absolute Gasteiger partial charge is 0.224 e. The summed E-state index contributed by atoms with van der Waals surface area (Å²) in [5.74, 6) is 0.191. The lowest BCUT2D eigenvalue weighted by atomic mass is 9.93.